The van der Waals surface area contributed by atoms with Crippen molar-refractivity contribution in [3.8, 4) is 0 Å². The summed E-state index contributed by atoms with van der Waals surface area (Å²) in [4.78, 5) is 11.2. The van der Waals surface area contributed by atoms with Crippen LogP contribution in [0.15, 0.2) is 17.2 Å². The fraction of sp³-hybridized carbons (Fsp3) is 0.615. The van der Waals surface area contributed by atoms with Crippen LogP contribution in [-0.4, -0.2) is 42.8 Å². The van der Waals surface area contributed by atoms with Crippen LogP contribution in [0, 0.1) is 0 Å². The van der Waals surface area contributed by atoms with Crippen molar-refractivity contribution < 1.29 is 23.1 Å². The van der Waals surface area contributed by atoms with Gasteiger partial charge in [-0.25, -0.2) is 17.9 Å². The Kier molecular flexibility index (Phi) is 3.34. The maximum absolute atomic E-state index is 12.5. The number of sulfonamides is 1. The molecule has 1 aliphatic carbocycles. The summed E-state index contributed by atoms with van der Waals surface area (Å²) in [5.74, 6) is -1.11. The molecule has 116 valence electrons. The molecule has 2 fully saturated rings. The number of carbonyl (C=O) groups is 1. The highest BCUT2D eigenvalue weighted by atomic mass is 32.2. The number of aromatic carboxylic acids is 1. The minimum absolute atomic E-state index is 0.0000694. The number of carboxylic acids is 1. The van der Waals surface area contributed by atoms with Crippen LogP contribution in [0.4, 0.5) is 0 Å². The van der Waals surface area contributed by atoms with Crippen molar-refractivity contribution in [1.29, 1.82) is 0 Å². The van der Waals surface area contributed by atoms with Crippen LogP contribution in [0.3, 0.4) is 0 Å². The van der Waals surface area contributed by atoms with Crippen LogP contribution in [0.2, 0.25) is 0 Å². The molecule has 0 bridgehead atoms. The predicted molar refractivity (Wildman–Crippen MR) is 73.8 cm³/mol. The summed E-state index contributed by atoms with van der Waals surface area (Å²) in [6.07, 6.45) is 3.78. The average Bonchev–Trinajstić information content (AvgIpc) is 2.96. The molecular formula is C13H18N2O5S. The van der Waals surface area contributed by atoms with Crippen molar-refractivity contribution in [2.45, 2.75) is 42.7 Å². The summed E-state index contributed by atoms with van der Waals surface area (Å²) in [5, 5.41) is 9.20. The van der Waals surface area contributed by atoms with Crippen LogP contribution in [0.1, 0.15) is 42.7 Å². The first kappa shape index (κ1) is 14.6. The third-order valence-electron chi connectivity index (χ3n) is 3.89. The van der Waals surface area contributed by atoms with Gasteiger partial charge in [0.05, 0.1) is 12.1 Å². The van der Waals surface area contributed by atoms with E-state index in [2.05, 4.69) is 4.72 Å². The molecule has 1 aromatic heterocycles. The summed E-state index contributed by atoms with van der Waals surface area (Å²) < 4.78 is 34.3. The molecule has 3 rings (SSSR count). The third kappa shape index (κ3) is 2.83. The topological polar surface area (TPSA) is 97.6 Å². The molecule has 8 heteroatoms. The monoisotopic (exact) mass is 314 g/mol. The van der Waals surface area contributed by atoms with E-state index >= 15 is 0 Å². The van der Waals surface area contributed by atoms with Gasteiger partial charge in [-0.1, -0.05) is 0 Å². The fourth-order valence-corrected chi connectivity index (χ4v) is 4.00. The van der Waals surface area contributed by atoms with Gasteiger partial charge >= 0.3 is 5.97 Å². The minimum atomic E-state index is -3.76. The van der Waals surface area contributed by atoms with Crippen molar-refractivity contribution in [3.05, 3.63) is 18.0 Å². The van der Waals surface area contributed by atoms with Gasteiger partial charge in [0.15, 0.2) is 0 Å². The molecule has 2 N–H and O–H groups in total. The number of ether oxygens (including phenoxy) is 1. The Hall–Kier alpha value is -1.38. The van der Waals surface area contributed by atoms with E-state index in [9.17, 15) is 18.3 Å². The smallest absolute Gasteiger partial charge is 0.352 e. The number of hydrogen-bond acceptors (Lipinski definition) is 4. The SMILES string of the molecule is CC1(NS(=O)(=O)c2cc(C(=O)O)n(C3CC3)c2)CCOC1. The van der Waals surface area contributed by atoms with E-state index in [1.54, 1.807) is 11.5 Å². The van der Waals surface area contributed by atoms with Crippen LogP contribution >= 0.6 is 0 Å². The number of nitrogens with zero attached hydrogens (tertiary/aromatic N) is 1. The molecule has 1 saturated heterocycles. The summed E-state index contributed by atoms with van der Waals surface area (Å²) in [6, 6.07) is 1.33. The highest BCUT2D eigenvalue weighted by Crippen LogP contribution is 2.37. The van der Waals surface area contributed by atoms with Crippen LogP contribution in [-0.2, 0) is 14.8 Å². The summed E-state index contributed by atoms with van der Waals surface area (Å²) in [6.45, 7) is 2.62. The normalized spacial score (nSPS) is 26.1. The van der Waals surface area contributed by atoms with E-state index in [1.165, 1.54) is 12.3 Å². The highest BCUT2D eigenvalue weighted by molar-refractivity contribution is 7.89. The third-order valence-corrected chi connectivity index (χ3v) is 5.50. The summed E-state index contributed by atoms with van der Waals surface area (Å²) >= 11 is 0. The van der Waals surface area contributed by atoms with Gasteiger partial charge in [0, 0.05) is 18.8 Å². The van der Waals surface area contributed by atoms with E-state index in [1.807, 2.05) is 0 Å². The Morgan fingerprint density at radius 3 is 2.76 bits per heavy atom. The van der Waals surface area contributed by atoms with Crippen LogP contribution in [0.5, 0.6) is 0 Å². The van der Waals surface area contributed by atoms with E-state index < -0.39 is 21.5 Å². The zero-order valence-electron chi connectivity index (χ0n) is 11.7. The quantitative estimate of drug-likeness (QED) is 0.844. The number of carboxylic acid groups (broad SMARTS) is 1. The lowest BCUT2D eigenvalue weighted by atomic mass is 10.0. The Bertz CT molecular complexity index is 669. The number of aromatic nitrogens is 1. The Balaban J connectivity index is 1.91. The Morgan fingerprint density at radius 2 is 2.24 bits per heavy atom. The maximum atomic E-state index is 12.5. The van der Waals surface area contributed by atoms with Crippen molar-refractivity contribution in [2.24, 2.45) is 0 Å². The van der Waals surface area contributed by atoms with Gasteiger partial charge in [-0.05, 0) is 32.3 Å². The first-order valence-electron chi connectivity index (χ1n) is 6.88. The molecule has 0 spiro atoms. The van der Waals surface area contributed by atoms with Gasteiger partial charge < -0.3 is 14.4 Å². The molecule has 2 heterocycles. The van der Waals surface area contributed by atoms with E-state index in [0.717, 1.165) is 12.8 Å². The van der Waals surface area contributed by atoms with Gasteiger partial charge in [0.25, 0.3) is 0 Å². The largest absolute Gasteiger partial charge is 0.477 e. The maximum Gasteiger partial charge on any atom is 0.352 e. The first-order chi connectivity index (χ1) is 9.81. The van der Waals surface area contributed by atoms with E-state index in [-0.39, 0.29) is 16.6 Å². The van der Waals surface area contributed by atoms with Crippen molar-refractivity contribution in [3.63, 3.8) is 0 Å². The second kappa shape index (κ2) is 4.82. The molecule has 7 nitrogen and oxygen atoms in total. The fourth-order valence-electron chi connectivity index (χ4n) is 2.56. The number of hydrogen-bond donors (Lipinski definition) is 2. The first-order valence-corrected chi connectivity index (χ1v) is 8.36. The lowest BCUT2D eigenvalue weighted by molar-refractivity contribution is 0.0685. The molecule has 1 aliphatic heterocycles. The molecule has 1 unspecified atom stereocenters. The Labute approximate surface area is 123 Å². The average molecular weight is 314 g/mol. The van der Waals surface area contributed by atoms with Gasteiger partial charge in [-0.3, -0.25) is 0 Å². The molecule has 2 aliphatic rings. The van der Waals surface area contributed by atoms with Gasteiger partial charge in [-0.15, -0.1) is 0 Å². The number of nitrogens with one attached hydrogen (secondary N) is 1. The van der Waals surface area contributed by atoms with Crippen LogP contribution < -0.4 is 4.72 Å². The molecule has 21 heavy (non-hydrogen) atoms. The molecular weight excluding hydrogens is 296 g/mol. The lowest BCUT2D eigenvalue weighted by Crippen LogP contribution is -2.46. The molecule has 1 saturated carbocycles. The summed E-state index contributed by atoms with van der Waals surface area (Å²) in [5.41, 5.74) is -0.616. The summed E-state index contributed by atoms with van der Waals surface area (Å²) in [7, 11) is -3.76. The highest BCUT2D eigenvalue weighted by Gasteiger charge is 2.36. The molecule has 0 aromatic carbocycles. The zero-order valence-corrected chi connectivity index (χ0v) is 12.5. The molecule has 0 amide bonds. The number of rotatable bonds is 5. The molecule has 0 radical (unpaired) electrons. The second-order valence-corrected chi connectivity index (χ2v) is 7.66. The minimum Gasteiger partial charge on any atom is -0.477 e. The van der Waals surface area contributed by atoms with Crippen molar-refractivity contribution in [1.82, 2.24) is 9.29 Å². The predicted octanol–water partition coefficient (Wildman–Crippen LogP) is 0.978. The zero-order chi connectivity index (χ0) is 15.3. The van der Waals surface area contributed by atoms with Crippen molar-refractivity contribution >= 4 is 16.0 Å². The van der Waals surface area contributed by atoms with Crippen LogP contribution in [0.25, 0.3) is 0 Å². The molecule has 1 aromatic rings. The van der Waals surface area contributed by atoms with E-state index in [4.69, 9.17) is 4.74 Å². The molecule has 1 atom stereocenters. The van der Waals surface area contributed by atoms with Gasteiger partial charge in [-0.2, -0.15) is 0 Å². The van der Waals surface area contributed by atoms with Gasteiger partial charge in [0.1, 0.15) is 10.6 Å². The second-order valence-electron chi connectivity index (χ2n) is 5.97. The van der Waals surface area contributed by atoms with E-state index in [0.29, 0.717) is 19.6 Å². The Morgan fingerprint density at radius 1 is 1.52 bits per heavy atom. The van der Waals surface area contributed by atoms with Crippen molar-refractivity contribution in [2.75, 3.05) is 13.2 Å². The van der Waals surface area contributed by atoms with Gasteiger partial charge in [0.2, 0.25) is 10.0 Å². The lowest BCUT2D eigenvalue weighted by Gasteiger charge is -2.22. The standard InChI is InChI=1S/C13H18N2O5S/c1-13(4-5-20-8-13)14-21(18,19)10-6-11(12(16)17)15(7-10)9-2-3-9/h6-7,9,14H,2-5,8H2,1H3,(H,16,17).